The molecular formula is C12H20N2O. The second kappa shape index (κ2) is 6.47. The van der Waals surface area contributed by atoms with E-state index in [-0.39, 0.29) is 17.9 Å². The minimum Gasteiger partial charge on any atom is -0.356 e. The zero-order valence-corrected chi connectivity index (χ0v) is 9.17. The fourth-order valence-electron chi connectivity index (χ4n) is 2.01. The van der Waals surface area contributed by atoms with Crippen molar-refractivity contribution in [3.05, 3.63) is 0 Å². The Bertz CT molecular complexity index is 244. The van der Waals surface area contributed by atoms with Gasteiger partial charge in [0.15, 0.2) is 0 Å². The van der Waals surface area contributed by atoms with E-state index >= 15 is 0 Å². The molecule has 1 rings (SSSR count). The van der Waals surface area contributed by atoms with Gasteiger partial charge in [-0.25, -0.2) is 0 Å². The van der Waals surface area contributed by atoms with Gasteiger partial charge in [-0.15, -0.1) is 12.3 Å². The van der Waals surface area contributed by atoms with E-state index in [1.54, 1.807) is 0 Å². The Morgan fingerprint density at radius 1 is 1.47 bits per heavy atom. The summed E-state index contributed by atoms with van der Waals surface area (Å²) >= 11 is 0. The molecule has 3 N–H and O–H groups in total. The Morgan fingerprint density at radius 2 is 2.27 bits per heavy atom. The number of nitrogens with two attached hydrogens (primary N) is 1. The molecule has 1 amide bonds. The highest BCUT2D eigenvalue weighted by Crippen LogP contribution is 2.23. The fraction of sp³-hybridized carbons (Fsp3) is 0.750. The lowest BCUT2D eigenvalue weighted by molar-refractivity contribution is -0.125. The van der Waals surface area contributed by atoms with Gasteiger partial charge in [0, 0.05) is 19.0 Å². The van der Waals surface area contributed by atoms with Crippen molar-refractivity contribution in [1.29, 1.82) is 0 Å². The van der Waals surface area contributed by atoms with Crippen molar-refractivity contribution in [2.24, 2.45) is 11.7 Å². The molecule has 1 fully saturated rings. The van der Waals surface area contributed by atoms with Gasteiger partial charge in [-0.1, -0.05) is 6.42 Å². The topological polar surface area (TPSA) is 55.1 Å². The molecule has 0 saturated heterocycles. The van der Waals surface area contributed by atoms with Crippen LogP contribution in [-0.4, -0.2) is 18.5 Å². The van der Waals surface area contributed by atoms with Crippen molar-refractivity contribution in [2.75, 3.05) is 6.54 Å². The lowest BCUT2D eigenvalue weighted by Crippen LogP contribution is -2.38. The lowest BCUT2D eigenvalue weighted by Gasteiger charge is -2.14. The largest absolute Gasteiger partial charge is 0.356 e. The smallest absolute Gasteiger partial charge is 0.224 e. The Kier molecular flexibility index (Phi) is 5.20. The highest BCUT2D eigenvalue weighted by Gasteiger charge is 2.29. The maximum atomic E-state index is 11.7. The number of nitrogens with one attached hydrogen (secondary N) is 1. The minimum atomic E-state index is 0.0395. The van der Waals surface area contributed by atoms with E-state index in [1.165, 1.54) is 0 Å². The molecule has 0 aromatic rings. The van der Waals surface area contributed by atoms with E-state index < -0.39 is 0 Å². The summed E-state index contributed by atoms with van der Waals surface area (Å²) in [7, 11) is 0. The van der Waals surface area contributed by atoms with Gasteiger partial charge >= 0.3 is 0 Å². The van der Waals surface area contributed by atoms with Crippen LogP contribution in [0.4, 0.5) is 0 Å². The van der Waals surface area contributed by atoms with Crippen LogP contribution >= 0.6 is 0 Å². The van der Waals surface area contributed by atoms with Crippen LogP contribution < -0.4 is 11.1 Å². The molecule has 0 aromatic carbocycles. The van der Waals surface area contributed by atoms with Crippen molar-refractivity contribution in [2.45, 2.75) is 44.6 Å². The molecule has 0 aromatic heterocycles. The number of carbonyl (C=O) groups excluding carboxylic acids is 1. The number of hydrogen-bond donors (Lipinski definition) is 2. The third-order valence-electron chi connectivity index (χ3n) is 2.95. The van der Waals surface area contributed by atoms with Gasteiger partial charge in [-0.2, -0.15) is 0 Å². The maximum Gasteiger partial charge on any atom is 0.224 e. The summed E-state index contributed by atoms with van der Waals surface area (Å²) < 4.78 is 0. The second-order valence-electron chi connectivity index (χ2n) is 4.15. The molecule has 3 nitrogen and oxygen atoms in total. The molecule has 15 heavy (non-hydrogen) atoms. The monoisotopic (exact) mass is 208 g/mol. The van der Waals surface area contributed by atoms with E-state index in [9.17, 15) is 4.79 Å². The maximum absolute atomic E-state index is 11.7. The van der Waals surface area contributed by atoms with Crippen molar-refractivity contribution >= 4 is 5.91 Å². The van der Waals surface area contributed by atoms with Crippen LogP contribution in [0, 0.1) is 18.3 Å². The quantitative estimate of drug-likeness (QED) is 0.524. The predicted molar refractivity (Wildman–Crippen MR) is 61.0 cm³/mol. The van der Waals surface area contributed by atoms with Gasteiger partial charge in [0.2, 0.25) is 5.91 Å². The Morgan fingerprint density at radius 3 is 2.87 bits per heavy atom. The number of hydrogen-bond acceptors (Lipinski definition) is 2. The van der Waals surface area contributed by atoms with Gasteiger partial charge < -0.3 is 11.1 Å². The molecule has 0 spiro atoms. The fourth-order valence-corrected chi connectivity index (χ4v) is 2.01. The Hall–Kier alpha value is -1.01. The summed E-state index contributed by atoms with van der Waals surface area (Å²) in [5.41, 5.74) is 5.84. The number of carbonyl (C=O) groups is 1. The van der Waals surface area contributed by atoms with E-state index in [4.69, 9.17) is 12.2 Å². The third kappa shape index (κ3) is 3.93. The Balaban J connectivity index is 2.11. The summed E-state index contributed by atoms with van der Waals surface area (Å²) in [4.78, 5) is 11.7. The number of rotatable bonds is 5. The molecule has 0 bridgehead atoms. The first-order valence-corrected chi connectivity index (χ1v) is 5.72. The molecule has 0 radical (unpaired) electrons. The first-order valence-electron chi connectivity index (χ1n) is 5.72. The van der Waals surface area contributed by atoms with E-state index in [1.807, 2.05) is 0 Å². The van der Waals surface area contributed by atoms with Crippen LogP contribution in [0.1, 0.15) is 38.5 Å². The SMILES string of the molecule is C#CCCCCNC(=O)C1CCCC1N. The second-order valence-corrected chi connectivity index (χ2v) is 4.15. The minimum absolute atomic E-state index is 0.0395. The number of terminal acetylenes is 1. The van der Waals surface area contributed by atoms with E-state index in [2.05, 4.69) is 11.2 Å². The molecular weight excluding hydrogens is 188 g/mol. The molecule has 2 unspecified atom stereocenters. The van der Waals surface area contributed by atoms with Gasteiger partial charge in [-0.3, -0.25) is 4.79 Å². The molecule has 1 aliphatic carbocycles. The van der Waals surface area contributed by atoms with Gasteiger partial charge in [-0.05, 0) is 25.7 Å². The van der Waals surface area contributed by atoms with Crippen molar-refractivity contribution < 1.29 is 4.79 Å². The molecule has 0 heterocycles. The summed E-state index contributed by atoms with van der Waals surface area (Å²) in [6.45, 7) is 0.726. The van der Waals surface area contributed by atoms with Gasteiger partial charge in [0.25, 0.3) is 0 Å². The standard InChI is InChI=1S/C12H20N2O/c1-2-3-4-5-9-14-12(15)10-7-6-8-11(10)13/h1,10-11H,3-9,13H2,(H,14,15). The van der Waals surface area contributed by atoms with E-state index in [0.717, 1.165) is 45.1 Å². The summed E-state index contributed by atoms with van der Waals surface area (Å²) in [6, 6.07) is 0.0655. The van der Waals surface area contributed by atoms with Gasteiger partial charge in [0.1, 0.15) is 0 Å². The van der Waals surface area contributed by atoms with Crippen LogP contribution in [0.15, 0.2) is 0 Å². The van der Waals surface area contributed by atoms with Crippen LogP contribution in [0.25, 0.3) is 0 Å². The lowest BCUT2D eigenvalue weighted by atomic mass is 10.0. The molecule has 3 heteroatoms. The predicted octanol–water partition coefficient (Wildman–Crippen LogP) is 1.03. The molecule has 1 saturated carbocycles. The van der Waals surface area contributed by atoms with Crippen molar-refractivity contribution in [3.8, 4) is 12.3 Å². The van der Waals surface area contributed by atoms with Gasteiger partial charge in [0.05, 0.1) is 5.92 Å². The zero-order valence-electron chi connectivity index (χ0n) is 9.17. The molecule has 84 valence electrons. The summed E-state index contributed by atoms with van der Waals surface area (Å²) in [5.74, 6) is 2.75. The first-order chi connectivity index (χ1) is 7.25. The average molecular weight is 208 g/mol. The van der Waals surface area contributed by atoms with Crippen LogP contribution in [-0.2, 0) is 4.79 Å². The highest BCUT2D eigenvalue weighted by molar-refractivity contribution is 5.79. The average Bonchev–Trinajstić information content (AvgIpc) is 2.64. The molecule has 2 atom stereocenters. The first kappa shape index (κ1) is 12.1. The van der Waals surface area contributed by atoms with Crippen LogP contribution in [0.2, 0.25) is 0 Å². The van der Waals surface area contributed by atoms with E-state index in [0.29, 0.717) is 0 Å². The third-order valence-corrected chi connectivity index (χ3v) is 2.95. The zero-order chi connectivity index (χ0) is 11.1. The Labute approximate surface area is 91.8 Å². The summed E-state index contributed by atoms with van der Waals surface area (Å²) in [6.07, 6.45) is 10.9. The molecule has 1 aliphatic rings. The van der Waals surface area contributed by atoms with Crippen molar-refractivity contribution in [1.82, 2.24) is 5.32 Å². The number of amides is 1. The van der Waals surface area contributed by atoms with Crippen LogP contribution in [0.3, 0.4) is 0 Å². The summed E-state index contributed by atoms with van der Waals surface area (Å²) in [5, 5.41) is 2.93. The highest BCUT2D eigenvalue weighted by atomic mass is 16.1. The number of unbranched alkanes of at least 4 members (excludes halogenated alkanes) is 2. The van der Waals surface area contributed by atoms with Crippen LogP contribution in [0.5, 0.6) is 0 Å². The normalized spacial score (nSPS) is 24.8. The van der Waals surface area contributed by atoms with Crippen molar-refractivity contribution in [3.63, 3.8) is 0 Å². The molecule has 0 aliphatic heterocycles.